The molecule has 2 rings (SSSR count). The Morgan fingerprint density at radius 1 is 1.17 bits per heavy atom. The zero-order chi connectivity index (χ0) is 17.5. The van der Waals surface area contributed by atoms with Crippen molar-refractivity contribution in [3.05, 3.63) is 65.2 Å². The van der Waals surface area contributed by atoms with E-state index in [4.69, 9.17) is 9.84 Å². The van der Waals surface area contributed by atoms with E-state index in [0.717, 1.165) is 5.56 Å². The summed E-state index contributed by atoms with van der Waals surface area (Å²) in [5.74, 6) is -0.723. The molecule has 0 saturated carbocycles. The number of aryl methyl sites for hydroxylation is 1. The third-order valence-electron chi connectivity index (χ3n) is 3.31. The molecule has 0 radical (unpaired) electrons. The summed E-state index contributed by atoms with van der Waals surface area (Å²) in [4.78, 5) is 22.7. The Labute approximate surface area is 139 Å². The average Bonchev–Trinajstić information content (AvgIpc) is 2.57. The fourth-order valence-corrected chi connectivity index (χ4v) is 1.91. The number of carboxylic acids is 1. The minimum absolute atomic E-state index is 0.191. The van der Waals surface area contributed by atoms with Gasteiger partial charge >= 0.3 is 5.97 Å². The lowest BCUT2D eigenvalue weighted by atomic mass is 10.1. The molecule has 6 heteroatoms. The van der Waals surface area contributed by atoms with Gasteiger partial charge in [-0.25, -0.2) is 10.2 Å². The lowest BCUT2D eigenvalue weighted by Gasteiger charge is -2.14. The Kier molecular flexibility index (Phi) is 5.68. The van der Waals surface area contributed by atoms with Crippen LogP contribution in [0.2, 0.25) is 0 Å². The predicted molar refractivity (Wildman–Crippen MR) is 90.4 cm³/mol. The molecule has 24 heavy (non-hydrogen) atoms. The smallest absolute Gasteiger partial charge is 0.335 e. The maximum absolute atomic E-state index is 12.0. The SMILES string of the molecule is Cc1ccccc1O[C@H](C)C(=O)NN=Cc1ccc(C(=O)O)cc1. The third kappa shape index (κ3) is 4.67. The van der Waals surface area contributed by atoms with Crippen molar-refractivity contribution in [2.75, 3.05) is 0 Å². The molecule has 2 N–H and O–H groups in total. The Morgan fingerprint density at radius 2 is 1.83 bits per heavy atom. The molecule has 6 nitrogen and oxygen atoms in total. The number of hydrazone groups is 1. The summed E-state index contributed by atoms with van der Waals surface area (Å²) in [5.41, 5.74) is 4.21. The lowest BCUT2D eigenvalue weighted by Crippen LogP contribution is -2.33. The summed E-state index contributed by atoms with van der Waals surface area (Å²) < 4.78 is 5.60. The highest BCUT2D eigenvalue weighted by Crippen LogP contribution is 2.17. The minimum Gasteiger partial charge on any atom is -0.481 e. The first kappa shape index (κ1) is 17.2. The fourth-order valence-electron chi connectivity index (χ4n) is 1.91. The molecule has 1 atom stereocenters. The summed E-state index contributed by atoms with van der Waals surface area (Å²) in [6.07, 6.45) is 0.738. The van der Waals surface area contributed by atoms with Gasteiger partial charge in [-0.3, -0.25) is 4.79 Å². The topological polar surface area (TPSA) is 88.0 Å². The van der Waals surface area contributed by atoms with Crippen LogP contribution in [0.4, 0.5) is 0 Å². The van der Waals surface area contributed by atoms with E-state index >= 15 is 0 Å². The second kappa shape index (κ2) is 7.92. The molecular formula is C18H18N2O4. The first-order valence-electron chi connectivity index (χ1n) is 7.36. The first-order valence-corrected chi connectivity index (χ1v) is 7.36. The van der Waals surface area contributed by atoms with Crippen molar-refractivity contribution >= 4 is 18.1 Å². The van der Waals surface area contributed by atoms with Crippen LogP contribution in [-0.4, -0.2) is 29.3 Å². The van der Waals surface area contributed by atoms with Crippen molar-refractivity contribution < 1.29 is 19.4 Å². The van der Waals surface area contributed by atoms with Crippen molar-refractivity contribution in [2.24, 2.45) is 5.10 Å². The van der Waals surface area contributed by atoms with Gasteiger partial charge in [0.15, 0.2) is 6.10 Å². The third-order valence-corrected chi connectivity index (χ3v) is 3.31. The number of carbonyl (C=O) groups excluding carboxylic acids is 1. The van der Waals surface area contributed by atoms with Gasteiger partial charge in [-0.15, -0.1) is 0 Å². The average molecular weight is 326 g/mol. The molecule has 0 bridgehead atoms. The highest BCUT2D eigenvalue weighted by Gasteiger charge is 2.14. The van der Waals surface area contributed by atoms with Crippen LogP contribution >= 0.6 is 0 Å². The largest absolute Gasteiger partial charge is 0.481 e. The number of benzene rings is 2. The zero-order valence-electron chi connectivity index (χ0n) is 13.4. The molecule has 0 aromatic heterocycles. The van der Waals surface area contributed by atoms with Crippen molar-refractivity contribution in [2.45, 2.75) is 20.0 Å². The molecule has 0 fully saturated rings. The molecule has 124 valence electrons. The Morgan fingerprint density at radius 3 is 2.46 bits per heavy atom. The van der Waals surface area contributed by atoms with Gasteiger partial charge in [-0.05, 0) is 43.2 Å². The number of carbonyl (C=O) groups is 2. The summed E-state index contributed by atoms with van der Waals surface area (Å²) in [6, 6.07) is 13.6. The second-order valence-electron chi connectivity index (χ2n) is 5.19. The summed E-state index contributed by atoms with van der Waals surface area (Å²) >= 11 is 0. The van der Waals surface area contributed by atoms with Gasteiger partial charge in [0.2, 0.25) is 0 Å². The number of hydrogen-bond donors (Lipinski definition) is 2. The quantitative estimate of drug-likeness (QED) is 0.631. The van der Waals surface area contributed by atoms with Gasteiger partial charge in [-0.2, -0.15) is 5.10 Å². The Hall–Kier alpha value is -3.15. The molecule has 0 unspecified atom stereocenters. The monoisotopic (exact) mass is 326 g/mol. The molecule has 0 aliphatic carbocycles. The molecule has 0 heterocycles. The number of para-hydroxylation sites is 1. The van der Waals surface area contributed by atoms with Gasteiger partial charge in [-0.1, -0.05) is 30.3 Å². The number of amides is 1. The molecule has 0 saturated heterocycles. The zero-order valence-corrected chi connectivity index (χ0v) is 13.4. The van der Waals surface area contributed by atoms with Crippen LogP contribution in [0.3, 0.4) is 0 Å². The maximum atomic E-state index is 12.0. The molecule has 0 spiro atoms. The molecule has 2 aromatic rings. The maximum Gasteiger partial charge on any atom is 0.335 e. The molecule has 0 aliphatic heterocycles. The number of aromatic carboxylic acids is 1. The van der Waals surface area contributed by atoms with E-state index in [1.807, 2.05) is 25.1 Å². The highest BCUT2D eigenvalue weighted by molar-refractivity contribution is 5.89. The standard InChI is InChI=1S/C18H18N2O4/c1-12-5-3-4-6-16(12)24-13(2)17(21)20-19-11-14-7-9-15(10-8-14)18(22)23/h3-11,13H,1-2H3,(H,20,21)(H,22,23)/t13-/m1/s1. The highest BCUT2D eigenvalue weighted by atomic mass is 16.5. The number of carboxylic acid groups (broad SMARTS) is 1. The normalized spacial score (nSPS) is 11.9. The van der Waals surface area contributed by atoms with Crippen LogP contribution < -0.4 is 10.2 Å². The Bertz CT molecular complexity index is 754. The second-order valence-corrected chi connectivity index (χ2v) is 5.19. The van der Waals surface area contributed by atoms with Crippen LogP contribution in [0.5, 0.6) is 5.75 Å². The summed E-state index contributed by atoms with van der Waals surface area (Å²) in [6.45, 7) is 3.54. The summed E-state index contributed by atoms with van der Waals surface area (Å²) in [7, 11) is 0. The number of nitrogens with one attached hydrogen (secondary N) is 1. The number of rotatable bonds is 6. The van der Waals surface area contributed by atoms with E-state index in [-0.39, 0.29) is 11.5 Å². The molecular weight excluding hydrogens is 308 g/mol. The van der Waals surface area contributed by atoms with E-state index in [0.29, 0.717) is 11.3 Å². The molecule has 0 aliphatic rings. The fraction of sp³-hybridized carbons (Fsp3) is 0.167. The van der Waals surface area contributed by atoms with Gasteiger partial charge in [0, 0.05) is 0 Å². The van der Waals surface area contributed by atoms with E-state index in [1.54, 1.807) is 25.1 Å². The van der Waals surface area contributed by atoms with Crippen molar-refractivity contribution in [3.63, 3.8) is 0 Å². The first-order chi connectivity index (χ1) is 11.5. The van der Waals surface area contributed by atoms with Crippen molar-refractivity contribution in [1.29, 1.82) is 0 Å². The van der Waals surface area contributed by atoms with E-state index in [9.17, 15) is 9.59 Å². The van der Waals surface area contributed by atoms with E-state index in [1.165, 1.54) is 18.3 Å². The van der Waals surface area contributed by atoms with Crippen molar-refractivity contribution in [3.8, 4) is 5.75 Å². The van der Waals surface area contributed by atoms with Gasteiger partial charge in [0.1, 0.15) is 5.75 Å². The van der Waals surface area contributed by atoms with Crippen LogP contribution in [0, 0.1) is 6.92 Å². The Balaban J connectivity index is 1.89. The number of ether oxygens (including phenoxy) is 1. The van der Waals surface area contributed by atoms with Gasteiger partial charge in [0.25, 0.3) is 5.91 Å². The van der Waals surface area contributed by atoms with E-state index < -0.39 is 12.1 Å². The lowest BCUT2D eigenvalue weighted by molar-refractivity contribution is -0.127. The molecule has 2 aromatic carbocycles. The predicted octanol–water partition coefficient (Wildman–Crippen LogP) is 2.61. The van der Waals surface area contributed by atoms with Gasteiger partial charge < -0.3 is 9.84 Å². The van der Waals surface area contributed by atoms with Crippen LogP contribution in [-0.2, 0) is 4.79 Å². The van der Waals surface area contributed by atoms with Crippen LogP contribution in [0.25, 0.3) is 0 Å². The number of hydrogen-bond acceptors (Lipinski definition) is 4. The number of nitrogens with zero attached hydrogens (tertiary/aromatic N) is 1. The van der Waals surface area contributed by atoms with Crippen LogP contribution in [0.1, 0.15) is 28.4 Å². The summed E-state index contributed by atoms with van der Waals surface area (Å²) in [5, 5.41) is 12.7. The van der Waals surface area contributed by atoms with E-state index in [2.05, 4.69) is 10.5 Å². The minimum atomic E-state index is -0.992. The molecule has 1 amide bonds. The van der Waals surface area contributed by atoms with Crippen molar-refractivity contribution in [1.82, 2.24) is 5.43 Å². The van der Waals surface area contributed by atoms with Crippen LogP contribution in [0.15, 0.2) is 53.6 Å². The van der Waals surface area contributed by atoms with Gasteiger partial charge in [0.05, 0.1) is 11.8 Å².